The van der Waals surface area contributed by atoms with Crippen LogP contribution in [0.2, 0.25) is 0 Å². The Morgan fingerprint density at radius 1 is 1.37 bits per heavy atom. The van der Waals surface area contributed by atoms with Crippen molar-refractivity contribution in [1.82, 2.24) is 15.2 Å². The maximum absolute atomic E-state index is 11.8. The van der Waals surface area contributed by atoms with Gasteiger partial charge in [-0.15, -0.1) is 0 Å². The van der Waals surface area contributed by atoms with E-state index in [0.717, 1.165) is 18.8 Å². The van der Waals surface area contributed by atoms with E-state index in [9.17, 15) is 4.79 Å². The van der Waals surface area contributed by atoms with Gasteiger partial charge in [0.2, 0.25) is 0 Å². The summed E-state index contributed by atoms with van der Waals surface area (Å²) in [5, 5.41) is 5.99. The highest BCUT2D eigenvalue weighted by atomic mass is 16.5. The molecule has 19 heavy (non-hydrogen) atoms. The molecule has 6 heteroatoms. The summed E-state index contributed by atoms with van der Waals surface area (Å²) in [5.41, 5.74) is 1.40. The standard InChI is InChI=1S/C13H22N4O2/c1-17(2)6-4-15-12-8-11(9-14-10-12)13(18)16-5-7-19-3/h8-10,15H,4-7H2,1-3H3,(H,16,18). The van der Waals surface area contributed by atoms with Gasteiger partial charge in [-0.1, -0.05) is 0 Å². The van der Waals surface area contributed by atoms with Crippen LogP contribution in [0.4, 0.5) is 5.69 Å². The first-order valence-electron chi connectivity index (χ1n) is 6.24. The number of nitrogens with zero attached hydrogens (tertiary/aromatic N) is 2. The zero-order valence-corrected chi connectivity index (χ0v) is 11.8. The molecular formula is C13H22N4O2. The van der Waals surface area contributed by atoms with Gasteiger partial charge in [0.15, 0.2) is 0 Å². The van der Waals surface area contributed by atoms with E-state index in [1.165, 1.54) is 0 Å². The average molecular weight is 266 g/mol. The molecule has 0 aliphatic rings. The molecule has 0 aromatic carbocycles. The van der Waals surface area contributed by atoms with Crippen LogP contribution in [0.15, 0.2) is 18.5 Å². The monoisotopic (exact) mass is 266 g/mol. The van der Waals surface area contributed by atoms with Crippen LogP contribution in [-0.2, 0) is 4.74 Å². The number of nitrogens with one attached hydrogen (secondary N) is 2. The zero-order chi connectivity index (χ0) is 14.1. The molecular weight excluding hydrogens is 244 g/mol. The second-order valence-electron chi connectivity index (χ2n) is 4.44. The third kappa shape index (κ3) is 6.17. The number of aromatic nitrogens is 1. The topological polar surface area (TPSA) is 66.5 Å². The minimum absolute atomic E-state index is 0.138. The van der Waals surface area contributed by atoms with Crippen molar-refractivity contribution in [2.45, 2.75) is 0 Å². The Morgan fingerprint density at radius 2 is 2.16 bits per heavy atom. The maximum atomic E-state index is 11.8. The fourth-order valence-electron chi connectivity index (χ4n) is 1.45. The van der Waals surface area contributed by atoms with Crippen LogP contribution in [0.1, 0.15) is 10.4 Å². The Hall–Kier alpha value is -1.66. The van der Waals surface area contributed by atoms with E-state index in [1.807, 2.05) is 14.1 Å². The molecule has 1 aromatic heterocycles. The molecule has 0 spiro atoms. The van der Waals surface area contributed by atoms with Gasteiger partial charge in [-0.05, 0) is 20.2 Å². The molecule has 1 heterocycles. The molecule has 0 atom stereocenters. The molecule has 0 fully saturated rings. The van der Waals surface area contributed by atoms with E-state index < -0.39 is 0 Å². The molecule has 2 N–H and O–H groups in total. The van der Waals surface area contributed by atoms with E-state index in [-0.39, 0.29) is 5.91 Å². The number of hydrogen-bond acceptors (Lipinski definition) is 5. The summed E-state index contributed by atoms with van der Waals surface area (Å²) < 4.78 is 4.88. The van der Waals surface area contributed by atoms with Crippen molar-refractivity contribution in [3.05, 3.63) is 24.0 Å². The van der Waals surface area contributed by atoms with Crippen LogP contribution in [0.3, 0.4) is 0 Å². The molecule has 0 aliphatic heterocycles. The second-order valence-corrected chi connectivity index (χ2v) is 4.44. The number of pyridine rings is 1. The van der Waals surface area contributed by atoms with E-state index in [2.05, 4.69) is 20.5 Å². The summed E-state index contributed by atoms with van der Waals surface area (Å²) in [6.07, 6.45) is 3.26. The number of carbonyl (C=O) groups excluding carboxylic acids is 1. The minimum Gasteiger partial charge on any atom is -0.383 e. The van der Waals surface area contributed by atoms with Crippen LogP contribution in [0, 0.1) is 0 Å². The molecule has 0 radical (unpaired) electrons. The molecule has 0 unspecified atom stereocenters. The predicted molar refractivity (Wildman–Crippen MR) is 75.5 cm³/mol. The van der Waals surface area contributed by atoms with Gasteiger partial charge in [0.1, 0.15) is 0 Å². The molecule has 1 rings (SSSR count). The van der Waals surface area contributed by atoms with Crippen molar-refractivity contribution < 1.29 is 9.53 Å². The lowest BCUT2D eigenvalue weighted by Crippen LogP contribution is -2.27. The van der Waals surface area contributed by atoms with Crippen molar-refractivity contribution in [2.24, 2.45) is 0 Å². The van der Waals surface area contributed by atoms with Gasteiger partial charge in [-0.25, -0.2) is 0 Å². The summed E-state index contributed by atoms with van der Waals surface area (Å²) >= 11 is 0. The fourth-order valence-corrected chi connectivity index (χ4v) is 1.45. The van der Waals surface area contributed by atoms with Gasteiger partial charge in [0.05, 0.1) is 17.9 Å². The Kier molecular flexibility index (Phi) is 6.84. The van der Waals surface area contributed by atoms with Gasteiger partial charge >= 0.3 is 0 Å². The van der Waals surface area contributed by atoms with Crippen molar-refractivity contribution in [2.75, 3.05) is 52.8 Å². The van der Waals surface area contributed by atoms with Crippen molar-refractivity contribution >= 4 is 11.6 Å². The van der Waals surface area contributed by atoms with Crippen molar-refractivity contribution in [1.29, 1.82) is 0 Å². The van der Waals surface area contributed by atoms with E-state index in [1.54, 1.807) is 25.6 Å². The number of hydrogen-bond donors (Lipinski definition) is 2. The lowest BCUT2D eigenvalue weighted by molar-refractivity contribution is 0.0937. The number of methoxy groups -OCH3 is 1. The van der Waals surface area contributed by atoms with E-state index in [0.29, 0.717) is 18.7 Å². The number of ether oxygens (including phenoxy) is 1. The second kappa shape index (κ2) is 8.44. The van der Waals surface area contributed by atoms with Crippen LogP contribution in [0.25, 0.3) is 0 Å². The Labute approximate surface area is 114 Å². The van der Waals surface area contributed by atoms with Crippen molar-refractivity contribution in [3.8, 4) is 0 Å². The number of likely N-dealkylation sites (N-methyl/N-ethyl adjacent to an activating group) is 1. The van der Waals surface area contributed by atoms with E-state index >= 15 is 0 Å². The SMILES string of the molecule is COCCNC(=O)c1cncc(NCCN(C)C)c1. The highest BCUT2D eigenvalue weighted by molar-refractivity contribution is 5.94. The summed E-state index contributed by atoms with van der Waals surface area (Å²) in [6, 6.07) is 1.80. The van der Waals surface area contributed by atoms with E-state index in [4.69, 9.17) is 4.74 Å². The number of carbonyl (C=O) groups is 1. The smallest absolute Gasteiger partial charge is 0.253 e. The minimum atomic E-state index is -0.138. The van der Waals surface area contributed by atoms with Gasteiger partial charge in [-0.2, -0.15) is 0 Å². The van der Waals surface area contributed by atoms with Crippen molar-refractivity contribution in [3.63, 3.8) is 0 Å². The first kappa shape index (κ1) is 15.4. The molecule has 6 nitrogen and oxygen atoms in total. The Balaban J connectivity index is 2.48. The maximum Gasteiger partial charge on any atom is 0.253 e. The third-order valence-electron chi connectivity index (χ3n) is 2.48. The molecule has 106 valence electrons. The fraction of sp³-hybridized carbons (Fsp3) is 0.538. The zero-order valence-electron chi connectivity index (χ0n) is 11.8. The molecule has 1 amide bonds. The number of rotatable bonds is 8. The van der Waals surface area contributed by atoms with Gasteiger partial charge in [0, 0.05) is 39.1 Å². The average Bonchev–Trinajstić information content (AvgIpc) is 2.39. The summed E-state index contributed by atoms with van der Waals surface area (Å²) in [5.74, 6) is -0.138. The van der Waals surface area contributed by atoms with Gasteiger partial charge in [-0.3, -0.25) is 9.78 Å². The third-order valence-corrected chi connectivity index (χ3v) is 2.48. The van der Waals surface area contributed by atoms with Gasteiger partial charge < -0.3 is 20.3 Å². The molecule has 1 aromatic rings. The normalized spacial score (nSPS) is 10.5. The predicted octanol–water partition coefficient (Wildman–Crippen LogP) is 0.431. The summed E-state index contributed by atoms with van der Waals surface area (Å²) in [6.45, 7) is 2.72. The highest BCUT2D eigenvalue weighted by Crippen LogP contribution is 2.07. The molecule has 0 saturated carbocycles. The lowest BCUT2D eigenvalue weighted by Gasteiger charge is -2.11. The highest BCUT2D eigenvalue weighted by Gasteiger charge is 2.06. The van der Waals surface area contributed by atoms with Crippen LogP contribution >= 0.6 is 0 Å². The van der Waals surface area contributed by atoms with Crippen LogP contribution < -0.4 is 10.6 Å². The Bertz CT molecular complexity index is 396. The van der Waals surface area contributed by atoms with Crippen LogP contribution in [0.5, 0.6) is 0 Å². The summed E-state index contributed by atoms with van der Waals surface area (Å²) in [4.78, 5) is 18.0. The lowest BCUT2D eigenvalue weighted by atomic mass is 10.2. The van der Waals surface area contributed by atoms with Gasteiger partial charge in [0.25, 0.3) is 5.91 Å². The molecule has 0 bridgehead atoms. The first-order valence-corrected chi connectivity index (χ1v) is 6.24. The molecule has 0 saturated heterocycles. The first-order chi connectivity index (χ1) is 9.13. The Morgan fingerprint density at radius 3 is 2.84 bits per heavy atom. The largest absolute Gasteiger partial charge is 0.383 e. The number of amides is 1. The number of anilines is 1. The van der Waals surface area contributed by atoms with Crippen LogP contribution in [-0.4, -0.2) is 63.2 Å². The quantitative estimate of drug-likeness (QED) is 0.668. The summed E-state index contributed by atoms with van der Waals surface area (Å²) in [7, 11) is 5.63. The molecule has 0 aliphatic carbocycles.